The summed E-state index contributed by atoms with van der Waals surface area (Å²) in [5.74, 6) is 0.0611. The van der Waals surface area contributed by atoms with Crippen molar-refractivity contribution in [1.82, 2.24) is 10.2 Å². The Balaban J connectivity index is 1.34. The zero-order valence-electron chi connectivity index (χ0n) is 16.4. The Morgan fingerprint density at radius 1 is 1.13 bits per heavy atom. The highest BCUT2D eigenvalue weighted by atomic mass is 32.2. The first-order chi connectivity index (χ1) is 14.5. The summed E-state index contributed by atoms with van der Waals surface area (Å²) >= 11 is 1.51. The van der Waals surface area contributed by atoms with Gasteiger partial charge in [0.05, 0.1) is 11.3 Å². The number of nitrogens with zero attached hydrogens (tertiary/aromatic N) is 1. The first kappa shape index (κ1) is 20.3. The second kappa shape index (κ2) is 8.79. The van der Waals surface area contributed by atoms with Crippen LogP contribution in [-0.2, 0) is 0 Å². The van der Waals surface area contributed by atoms with Gasteiger partial charge in [0.15, 0.2) is 0 Å². The van der Waals surface area contributed by atoms with Crippen LogP contribution in [0.4, 0.5) is 10.5 Å². The smallest absolute Gasteiger partial charge is 0.407 e. The van der Waals surface area contributed by atoms with Gasteiger partial charge in [0, 0.05) is 35.0 Å². The second-order valence-corrected chi connectivity index (χ2v) is 8.60. The normalized spacial score (nSPS) is 16.1. The summed E-state index contributed by atoms with van der Waals surface area (Å²) in [6.07, 6.45) is 1.61. The van der Waals surface area contributed by atoms with Gasteiger partial charge in [-0.1, -0.05) is 23.9 Å². The second-order valence-electron chi connectivity index (χ2n) is 7.52. The first-order valence-corrected chi connectivity index (χ1v) is 10.8. The van der Waals surface area contributed by atoms with E-state index in [4.69, 9.17) is 5.11 Å². The predicted octanol–water partition coefficient (Wildman–Crippen LogP) is 3.91. The van der Waals surface area contributed by atoms with Crippen molar-refractivity contribution in [1.29, 1.82) is 0 Å². The van der Waals surface area contributed by atoms with Gasteiger partial charge < -0.3 is 20.6 Å². The monoisotopic (exact) mass is 425 g/mol. The molecule has 0 atom stereocenters. The van der Waals surface area contributed by atoms with E-state index in [2.05, 4.69) is 10.6 Å². The average molecular weight is 426 g/mol. The zero-order chi connectivity index (χ0) is 21.1. The predicted molar refractivity (Wildman–Crippen MR) is 114 cm³/mol. The Morgan fingerprint density at radius 3 is 2.67 bits per heavy atom. The van der Waals surface area contributed by atoms with Crippen molar-refractivity contribution < 1.29 is 19.5 Å². The highest BCUT2D eigenvalue weighted by molar-refractivity contribution is 7.99. The van der Waals surface area contributed by atoms with Gasteiger partial charge in [-0.05, 0) is 55.5 Å². The Labute approximate surface area is 178 Å². The molecule has 30 heavy (non-hydrogen) atoms. The molecule has 0 aromatic heterocycles. The van der Waals surface area contributed by atoms with Gasteiger partial charge in [0.1, 0.15) is 0 Å². The largest absolute Gasteiger partial charge is 0.465 e. The van der Waals surface area contributed by atoms with Crippen LogP contribution in [0.1, 0.15) is 40.0 Å². The summed E-state index contributed by atoms with van der Waals surface area (Å²) in [5, 5.41) is 14.9. The lowest BCUT2D eigenvalue weighted by atomic mass is 9.94. The van der Waals surface area contributed by atoms with E-state index in [1.54, 1.807) is 18.2 Å². The van der Waals surface area contributed by atoms with E-state index in [9.17, 15) is 14.4 Å². The highest BCUT2D eigenvalue weighted by Crippen LogP contribution is 2.39. The Hall–Kier alpha value is -3.00. The minimum Gasteiger partial charge on any atom is -0.465 e. The van der Waals surface area contributed by atoms with Gasteiger partial charge in [0.2, 0.25) is 0 Å². The lowest BCUT2D eigenvalue weighted by molar-refractivity contribution is 0.0946. The Morgan fingerprint density at radius 2 is 1.90 bits per heavy atom. The number of carbonyl (C=O) groups is 3. The van der Waals surface area contributed by atoms with Crippen LogP contribution in [0.3, 0.4) is 0 Å². The van der Waals surface area contributed by atoms with Crippen LogP contribution in [0.25, 0.3) is 0 Å². The maximum atomic E-state index is 12.6. The third-order valence-corrected chi connectivity index (χ3v) is 6.72. The molecule has 2 aromatic rings. The van der Waals surface area contributed by atoms with Gasteiger partial charge in [-0.2, -0.15) is 0 Å². The molecule has 1 fully saturated rings. The third kappa shape index (κ3) is 4.43. The number of hydrogen-bond donors (Lipinski definition) is 3. The van der Waals surface area contributed by atoms with Crippen LogP contribution in [0.5, 0.6) is 0 Å². The number of benzene rings is 2. The number of anilines is 1. The van der Waals surface area contributed by atoms with Crippen LogP contribution >= 0.6 is 11.8 Å². The molecular weight excluding hydrogens is 402 g/mol. The van der Waals surface area contributed by atoms with Crippen LogP contribution in [0.2, 0.25) is 0 Å². The fourth-order valence-corrected chi connectivity index (χ4v) is 4.82. The fraction of sp³-hybridized carbons (Fsp3) is 0.318. The molecule has 4 rings (SSSR count). The van der Waals surface area contributed by atoms with Crippen LogP contribution in [0, 0.1) is 5.92 Å². The highest BCUT2D eigenvalue weighted by Gasteiger charge is 2.23. The van der Waals surface area contributed by atoms with Crippen molar-refractivity contribution in [2.75, 3.05) is 25.0 Å². The molecule has 0 bridgehead atoms. The number of amides is 3. The standard InChI is InChI=1S/C22H23N3O4S/c26-20(23-10-7-14-8-11-25(12-9-14)22(28)29)15-5-6-19-17(13-15)24-21(27)16-3-1-2-4-18(16)30-19/h1-6,13-14H,7-12H2,(H,23,26)(H,24,27)(H,28,29). The molecule has 2 aromatic carbocycles. The summed E-state index contributed by atoms with van der Waals surface area (Å²) in [4.78, 5) is 39.3. The number of rotatable bonds is 4. The van der Waals surface area contributed by atoms with E-state index >= 15 is 0 Å². The molecule has 3 N–H and O–H groups in total. The molecule has 0 aliphatic carbocycles. The van der Waals surface area contributed by atoms with E-state index in [-0.39, 0.29) is 11.8 Å². The van der Waals surface area contributed by atoms with Crippen LogP contribution < -0.4 is 10.6 Å². The van der Waals surface area contributed by atoms with E-state index in [1.165, 1.54) is 16.7 Å². The lowest BCUT2D eigenvalue weighted by Crippen LogP contribution is -2.38. The van der Waals surface area contributed by atoms with E-state index in [1.807, 2.05) is 24.3 Å². The van der Waals surface area contributed by atoms with Crippen molar-refractivity contribution >= 4 is 35.4 Å². The molecule has 3 amide bonds. The molecule has 156 valence electrons. The summed E-state index contributed by atoms with van der Waals surface area (Å²) in [7, 11) is 0. The van der Waals surface area contributed by atoms with Crippen molar-refractivity contribution in [3.63, 3.8) is 0 Å². The van der Waals surface area contributed by atoms with Gasteiger partial charge in [-0.3, -0.25) is 9.59 Å². The van der Waals surface area contributed by atoms with Gasteiger partial charge in [0.25, 0.3) is 11.8 Å². The number of piperidine rings is 1. The van der Waals surface area contributed by atoms with Crippen molar-refractivity contribution in [2.24, 2.45) is 5.92 Å². The maximum absolute atomic E-state index is 12.6. The number of likely N-dealkylation sites (tertiary alicyclic amines) is 1. The number of fused-ring (bicyclic) bond motifs is 2. The SMILES string of the molecule is O=C(NCCC1CCN(C(=O)O)CC1)c1ccc2c(c1)NC(=O)c1ccccc1S2. The van der Waals surface area contributed by atoms with Crippen LogP contribution in [-0.4, -0.2) is 47.5 Å². The summed E-state index contributed by atoms with van der Waals surface area (Å²) in [5.41, 5.74) is 1.76. The topological polar surface area (TPSA) is 98.7 Å². The summed E-state index contributed by atoms with van der Waals surface area (Å²) < 4.78 is 0. The molecule has 0 unspecified atom stereocenters. The van der Waals surface area contributed by atoms with Gasteiger partial charge in [-0.15, -0.1) is 0 Å². The molecular formula is C22H23N3O4S. The molecule has 7 nitrogen and oxygen atoms in total. The van der Waals surface area contributed by atoms with Crippen molar-refractivity contribution in [2.45, 2.75) is 29.1 Å². The quantitative estimate of drug-likeness (QED) is 0.690. The molecule has 0 spiro atoms. The lowest BCUT2D eigenvalue weighted by Gasteiger charge is -2.29. The van der Waals surface area contributed by atoms with E-state index < -0.39 is 6.09 Å². The van der Waals surface area contributed by atoms with Crippen LogP contribution in [0.15, 0.2) is 52.3 Å². The first-order valence-electron chi connectivity index (χ1n) is 9.99. The minimum absolute atomic E-state index is 0.179. The van der Waals surface area contributed by atoms with Gasteiger partial charge in [-0.25, -0.2) is 4.79 Å². The molecule has 0 saturated carbocycles. The number of carboxylic acid groups (broad SMARTS) is 1. The average Bonchev–Trinajstić information content (AvgIpc) is 2.89. The fourth-order valence-electron chi connectivity index (χ4n) is 3.81. The van der Waals surface area contributed by atoms with E-state index in [0.717, 1.165) is 29.1 Å². The van der Waals surface area contributed by atoms with Gasteiger partial charge >= 0.3 is 6.09 Å². The summed E-state index contributed by atoms with van der Waals surface area (Å²) in [6, 6.07) is 12.8. The maximum Gasteiger partial charge on any atom is 0.407 e. The molecule has 1 saturated heterocycles. The van der Waals surface area contributed by atoms with Crippen molar-refractivity contribution in [3.8, 4) is 0 Å². The number of nitrogens with one attached hydrogen (secondary N) is 2. The van der Waals surface area contributed by atoms with E-state index in [0.29, 0.717) is 42.4 Å². The zero-order valence-corrected chi connectivity index (χ0v) is 17.2. The molecule has 8 heteroatoms. The molecule has 2 heterocycles. The Kier molecular flexibility index (Phi) is 5.94. The molecule has 2 aliphatic heterocycles. The Bertz CT molecular complexity index is 986. The molecule has 0 radical (unpaired) electrons. The number of carbonyl (C=O) groups excluding carboxylic acids is 2. The summed E-state index contributed by atoms with van der Waals surface area (Å²) in [6.45, 7) is 1.65. The third-order valence-electron chi connectivity index (χ3n) is 5.56. The molecule has 2 aliphatic rings. The number of hydrogen-bond acceptors (Lipinski definition) is 4. The minimum atomic E-state index is -0.863. The van der Waals surface area contributed by atoms with Crippen molar-refractivity contribution in [3.05, 3.63) is 53.6 Å².